The number of benzene rings is 3. The molecule has 0 atom stereocenters. The lowest BCUT2D eigenvalue weighted by Gasteiger charge is -2.09. The number of hydrogen-bond acceptors (Lipinski definition) is 5. The maximum absolute atomic E-state index is 12.7. The van der Waals surface area contributed by atoms with Crippen LogP contribution in [0, 0.1) is 6.92 Å². The molecule has 8 heteroatoms. The second-order valence-corrected chi connectivity index (χ2v) is 9.55. The molecule has 1 aliphatic rings. The molecule has 4 rings (SSSR count). The molecule has 172 valence electrons. The molecule has 6 nitrogen and oxygen atoms in total. The first-order chi connectivity index (χ1) is 16.3. The zero-order valence-corrected chi connectivity index (χ0v) is 20.9. The summed E-state index contributed by atoms with van der Waals surface area (Å²) in [6.45, 7) is 2.51. The number of amides is 1. The number of ether oxygens (including phenoxy) is 1. The van der Waals surface area contributed by atoms with Gasteiger partial charge in [-0.25, -0.2) is 9.79 Å². The summed E-state index contributed by atoms with van der Waals surface area (Å²) in [6.07, 6.45) is 1.80. The lowest BCUT2D eigenvalue weighted by Crippen LogP contribution is -2.23. The van der Waals surface area contributed by atoms with Crippen LogP contribution in [-0.4, -0.2) is 34.1 Å². The first-order valence-electron chi connectivity index (χ1n) is 10.4. The van der Waals surface area contributed by atoms with Gasteiger partial charge >= 0.3 is 5.97 Å². The third-order valence-corrected chi connectivity index (χ3v) is 6.77. The number of aromatic carboxylic acids is 1. The van der Waals surface area contributed by atoms with Crippen molar-refractivity contribution >= 4 is 56.5 Å². The van der Waals surface area contributed by atoms with Crippen LogP contribution in [0.3, 0.4) is 0 Å². The zero-order chi connectivity index (χ0) is 24.2. The van der Waals surface area contributed by atoms with E-state index in [-0.39, 0.29) is 11.5 Å². The lowest BCUT2D eigenvalue weighted by molar-refractivity contribution is -0.121. The summed E-state index contributed by atoms with van der Waals surface area (Å²) in [7, 11) is 1.65. The highest BCUT2D eigenvalue weighted by molar-refractivity contribution is 9.10. The SMILES string of the molecule is Cc1ccc(COc2ccc(/C=C3/SC(=Nc4cccc(C(=O)O)c4)N(C)C3=O)cc2Br)cc1. The van der Waals surface area contributed by atoms with E-state index in [0.717, 1.165) is 15.6 Å². The van der Waals surface area contributed by atoms with Gasteiger partial charge in [0.1, 0.15) is 12.4 Å². The van der Waals surface area contributed by atoms with Crippen LogP contribution in [0.1, 0.15) is 27.0 Å². The molecule has 0 aromatic heterocycles. The summed E-state index contributed by atoms with van der Waals surface area (Å²) >= 11 is 4.80. The van der Waals surface area contributed by atoms with E-state index in [1.165, 1.54) is 34.4 Å². The van der Waals surface area contributed by atoms with Crippen molar-refractivity contribution < 1.29 is 19.4 Å². The number of thioether (sulfide) groups is 1. The molecule has 34 heavy (non-hydrogen) atoms. The Bertz CT molecular complexity index is 1320. The largest absolute Gasteiger partial charge is 0.488 e. The number of aliphatic imine (C=N–C) groups is 1. The van der Waals surface area contributed by atoms with Crippen LogP contribution in [0.15, 0.2) is 81.1 Å². The third-order valence-electron chi connectivity index (χ3n) is 5.09. The Morgan fingerprint density at radius 2 is 1.91 bits per heavy atom. The molecule has 0 saturated carbocycles. The molecular formula is C26H21BrN2O4S. The predicted molar refractivity (Wildman–Crippen MR) is 138 cm³/mol. The van der Waals surface area contributed by atoms with Gasteiger partial charge in [0.25, 0.3) is 5.91 Å². The van der Waals surface area contributed by atoms with Gasteiger partial charge in [0.05, 0.1) is 20.6 Å². The summed E-state index contributed by atoms with van der Waals surface area (Å²) in [6, 6.07) is 20.1. The summed E-state index contributed by atoms with van der Waals surface area (Å²) in [5, 5.41) is 9.66. The van der Waals surface area contributed by atoms with Gasteiger partial charge in [-0.1, -0.05) is 42.0 Å². The number of halogens is 1. The molecule has 0 unspecified atom stereocenters. The summed E-state index contributed by atoms with van der Waals surface area (Å²) in [5.41, 5.74) is 3.74. The number of hydrogen-bond donors (Lipinski definition) is 1. The van der Waals surface area contributed by atoms with E-state index in [0.29, 0.717) is 28.1 Å². The van der Waals surface area contributed by atoms with Crippen LogP contribution in [-0.2, 0) is 11.4 Å². The van der Waals surface area contributed by atoms with Gasteiger partial charge in [-0.3, -0.25) is 9.69 Å². The van der Waals surface area contributed by atoms with Crippen LogP contribution < -0.4 is 4.74 Å². The fourth-order valence-electron chi connectivity index (χ4n) is 3.19. The number of carbonyl (C=O) groups is 2. The molecule has 3 aromatic rings. The van der Waals surface area contributed by atoms with Crippen molar-refractivity contribution in [3.63, 3.8) is 0 Å². The minimum atomic E-state index is -1.02. The van der Waals surface area contributed by atoms with Gasteiger partial charge < -0.3 is 9.84 Å². The normalized spacial score (nSPS) is 15.9. The zero-order valence-electron chi connectivity index (χ0n) is 18.5. The van der Waals surface area contributed by atoms with Gasteiger partial charge in [-0.05, 0) is 82.2 Å². The average molecular weight is 537 g/mol. The summed E-state index contributed by atoms with van der Waals surface area (Å²) in [4.78, 5) is 30.4. The lowest BCUT2D eigenvalue weighted by atomic mass is 10.1. The number of carboxylic acids is 1. The maximum atomic E-state index is 12.7. The third kappa shape index (κ3) is 5.58. The van der Waals surface area contributed by atoms with E-state index in [1.807, 2.05) is 37.3 Å². The predicted octanol–water partition coefficient (Wildman–Crippen LogP) is 6.27. The molecule has 0 aliphatic carbocycles. The highest BCUT2D eigenvalue weighted by Gasteiger charge is 2.30. The number of carboxylic acid groups (broad SMARTS) is 1. The smallest absolute Gasteiger partial charge is 0.335 e. The second-order valence-electron chi connectivity index (χ2n) is 7.69. The van der Waals surface area contributed by atoms with Crippen LogP contribution in [0.2, 0.25) is 0 Å². The van der Waals surface area contributed by atoms with Crippen molar-refractivity contribution in [3.05, 3.63) is 98.4 Å². The van der Waals surface area contributed by atoms with E-state index in [1.54, 1.807) is 25.3 Å². The number of likely N-dealkylation sites (N-methyl/N-ethyl adjacent to an activating group) is 1. The van der Waals surface area contributed by atoms with E-state index < -0.39 is 5.97 Å². The van der Waals surface area contributed by atoms with Crippen LogP contribution in [0.4, 0.5) is 5.69 Å². The van der Waals surface area contributed by atoms with Gasteiger partial charge in [-0.2, -0.15) is 0 Å². The maximum Gasteiger partial charge on any atom is 0.335 e. The highest BCUT2D eigenvalue weighted by Crippen LogP contribution is 2.35. The molecule has 1 aliphatic heterocycles. The average Bonchev–Trinajstić information content (AvgIpc) is 3.07. The molecule has 0 radical (unpaired) electrons. The molecule has 1 amide bonds. The number of nitrogens with zero attached hydrogens (tertiary/aromatic N) is 2. The first-order valence-corrected chi connectivity index (χ1v) is 12.0. The molecule has 1 fully saturated rings. The van der Waals surface area contributed by atoms with E-state index in [4.69, 9.17) is 4.74 Å². The summed E-state index contributed by atoms with van der Waals surface area (Å²) in [5.74, 6) is -0.484. The fourth-order valence-corrected chi connectivity index (χ4v) is 4.69. The Morgan fingerprint density at radius 1 is 1.15 bits per heavy atom. The topological polar surface area (TPSA) is 79.2 Å². The highest BCUT2D eigenvalue weighted by atomic mass is 79.9. The van der Waals surface area contributed by atoms with Crippen LogP contribution in [0.25, 0.3) is 6.08 Å². The first kappa shape index (κ1) is 23.8. The quantitative estimate of drug-likeness (QED) is 0.375. The molecular weight excluding hydrogens is 516 g/mol. The van der Waals surface area contributed by atoms with E-state index >= 15 is 0 Å². The van der Waals surface area contributed by atoms with Crippen molar-refractivity contribution in [3.8, 4) is 5.75 Å². The number of amidine groups is 1. The van der Waals surface area contributed by atoms with Gasteiger partial charge in [0.2, 0.25) is 0 Å². The van der Waals surface area contributed by atoms with Crippen LogP contribution >= 0.6 is 27.7 Å². The molecule has 1 saturated heterocycles. The van der Waals surface area contributed by atoms with Crippen molar-refractivity contribution in [2.75, 3.05) is 7.05 Å². The standard InChI is InChI=1S/C26H21BrN2O4S/c1-16-6-8-17(9-7-16)15-33-22-11-10-18(12-21(22)27)13-23-24(30)29(2)26(34-23)28-20-5-3-4-19(14-20)25(31)32/h3-14H,15H2,1-2H3,(H,31,32)/b23-13+,28-26?. The van der Waals surface area contributed by atoms with Gasteiger partial charge in [0, 0.05) is 7.05 Å². The monoisotopic (exact) mass is 536 g/mol. The van der Waals surface area contributed by atoms with Crippen LogP contribution in [0.5, 0.6) is 5.75 Å². The van der Waals surface area contributed by atoms with E-state index in [9.17, 15) is 14.7 Å². The molecule has 0 bridgehead atoms. The minimum absolute atomic E-state index is 0.143. The Balaban J connectivity index is 1.49. The molecule has 1 heterocycles. The van der Waals surface area contributed by atoms with Crippen molar-refractivity contribution in [1.29, 1.82) is 0 Å². The van der Waals surface area contributed by atoms with Gasteiger partial charge in [0.15, 0.2) is 5.17 Å². The Labute approximate surface area is 210 Å². The molecule has 3 aromatic carbocycles. The Morgan fingerprint density at radius 3 is 2.62 bits per heavy atom. The summed E-state index contributed by atoms with van der Waals surface area (Å²) < 4.78 is 6.72. The van der Waals surface area contributed by atoms with Crippen molar-refractivity contribution in [2.24, 2.45) is 4.99 Å². The fraction of sp³-hybridized carbons (Fsp3) is 0.115. The molecule has 0 spiro atoms. The number of carbonyl (C=O) groups excluding carboxylic acids is 1. The number of aryl methyl sites for hydroxylation is 1. The van der Waals surface area contributed by atoms with Crippen molar-refractivity contribution in [1.82, 2.24) is 4.90 Å². The van der Waals surface area contributed by atoms with Crippen molar-refractivity contribution in [2.45, 2.75) is 13.5 Å². The molecule has 1 N–H and O–H groups in total. The Hall–Kier alpha value is -3.36. The minimum Gasteiger partial charge on any atom is -0.488 e. The second kappa shape index (κ2) is 10.3. The van der Waals surface area contributed by atoms with Gasteiger partial charge in [-0.15, -0.1) is 0 Å². The number of rotatable bonds is 6. The van der Waals surface area contributed by atoms with E-state index in [2.05, 4.69) is 33.1 Å². The Kier molecular flexibility index (Phi) is 7.19.